The minimum atomic E-state index is -4.13. The second kappa shape index (κ2) is 6.29. The van der Waals surface area contributed by atoms with Gasteiger partial charge in [-0.05, 0) is 32.9 Å². The van der Waals surface area contributed by atoms with Crippen LogP contribution in [-0.2, 0) is 13.8 Å². The molecule has 0 fully saturated rings. The van der Waals surface area contributed by atoms with Crippen LogP contribution in [0.15, 0.2) is 17.0 Å². The normalized spacial score (nSPS) is 12.3. The van der Waals surface area contributed by atoms with Gasteiger partial charge in [-0.2, -0.15) is 0 Å². The topological polar surface area (TPSA) is 72.5 Å². The Morgan fingerprint density at radius 2 is 2.00 bits per heavy atom. The summed E-state index contributed by atoms with van der Waals surface area (Å²) in [5, 5.41) is 2.55. The maximum atomic E-state index is 13.7. The number of hydrogen-bond donors (Lipinski definition) is 1. The van der Waals surface area contributed by atoms with Gasteiger partial charge in [-0.1, -0.05) is 0 Å². The lowest BCUT2D eigenvalue weighted by Crippen LogP contribution is -2.39. The van der Waals surface area contributed by atoms with Gasteiger partial charge in [0.25, 0.3) is 15.0 Å². The third-order valence-electron chi connectivity index (χ3n) is 3.05. The Morgan fingerprint density at radius 3 is 2.48 bits per heavy atom. The van der Waals surface area contributed by atoms with Crippen LogP contribution >= 0.6 is 10.7 Å². The lowest BCUT2D eigenvalue weighted by atomic mass is 10.1. The van der Waals surface area contributed by atoms with Crippen LogP contribution in [0, 0.1) is 12.7 Å². The maximum Gasteiger partial charge on any atom is 0.261 e. The number of carbonyl (C=O) groups excluding carboxylic acids is 1. The van der Waals surface area contributed by atoms with Gasteiger partial charge in [-0.25, -0.2) is 12.8 Å². The number of amides is 1. The van der Waals surface area contributed by atoms with Crippen molar-refractivity contribution < 1.29 is 22.3 Å². The predicted octanol–water partition coefficient (Wildman–Crippen LogP) is 2.22. The van der Waals surface area contributed by atoms with Crippen molar-refractivity contribution in [2.75, 3.05) is 13.7 Å². The van der Waals surface area contributed by atoms with Crippen molar-refractivity contribution in [3.63, 3.8) is 0 Å². The van der Waals surface area contributed by atoms with Crippen LogP contribution in [0.2, 0.25) is 0 Å². The molecule has 1 N–H and O–H groups in total. The average molecular weight is 338 g/mol. The van der Waals surface area contributed by atoms with E-state index in [1.807, 2.05) is 0 Å². The van der Waals surface area contributed by atoms with Crippen LogP contribution < -0.4 is 5.32 Å². The van der Waals surface area contributed by atoms with Crippen LogP contribution in [0.3, 0.4) is 0 Å². The summed E-state index contributed by atoms with van der Waals surface area (Å²) in [6.45, 7) is 4.98. The van der Waals surface area contributed by atoms with Gasteiger partial charge in [0.1, 0.15) is 5.82 Å². The molecule has 0 spiro atoms. The highest BCUT2D eigenvalue weighted by molar-refractivity contribution is 8.13. The Morgan fingerprint density at radius 1 is 1.43 bits per heavy atom. The minimum absolute atomic E-state index is 0.121. The zero-order valence-corrected chi connectivity index (χ0v) is 13.7. The largest absolute Gasteiger partial charge is 0.377 e. The van der Waals surface area contributed by atoms with Gasteiger partial charge in [0.2, 0.25) is 0 Å². The highest BCUT2D eigenvalue weighted by atomic mass is 35.7. The average Bonchev–Trinajstić information content (AvgIpc) is 2.37. The van der Waals surface area contributed by atoms with Crippen molar-refractivity contribution in [3.05, 3.63) is 29.1 Å². The van der Waals surface area contributed by atoms with Gasteiger partial charge in [0, 0.05) is 35.5 Å². The van der Waals surface area contributed by atoms with E-state index in [-0.39, 0.29) is 17.7 Å². The Hall–Kier alpha value is -1.18. The molecule has 21 heavy (non-hydrogen) atoms. The van der Waals surface area contributed by atoms with Crippen molar-refractivity contribution in [2.24, 2.45) is 0 Å². The van der Waals surface area contributed by atoms with Gasteiger partial charge < -0.3 is 10.1 Å². The fraction of sp³-hybridized carbons (Fsp3) is 0.462. The highest BCUT2D eigenvalue weighted by Crippen LogP contribution is 2.23. The molecule has 1 rings (SSSR count). The molecule has 0 heterocycles. The minimum Gasteiger partial charge on any atom is -0.377 e. The van der Waals surface area contributed by atoms with E-state index in [9.17, 15) is 17.6 Å². The SMILES string of the molecule is COC(C)(C)CNC(=O)c1cc(F)c(C)c(S(=O)(=O)Cl)c1. The van der Waals surface area contributed by atoms with Crippen molar-refractivity contribution in [1.82, 2.24) is 5.32 Å². The van der Waals surface area contributed by atoms with Gasteiger partial charge in [0.15, 0.2) is 0 Å². The van der Waals surface area contributed by atoms with Gasteiger partial charge in [-0.15, -0.1) is 0 Å². The van der Waals surface area contributed by atoms with Crippen LogP contribution in [0.4, 0.5) is 4.39 Å². The van der Waals surface area contributed by atoms with Crippen LogP contribution in [0.1, 0.15) is 29.8 Å². The van der Waals surface area contributed by atoms with Crippen LogP contribution in [0.5, 0.6) is 0 Å². The lowest BCUT2D eigenvalue weighted by molar-refractivity contribution is 0.0228. The molecule has 8 heteroatoms. The molecule has 0 aromatic heterocycles. The summed E-state index contributed by atoms with van der Waals surface area (Å²) in [6, 6.07) is 2.02. The van der Waals surface area contributed by atoms with E-state index in [0.717, 1.165) is 12.1 Å². The Balaban J connectivity index is 3.10. The third kappa shape index (κ3) is 4.66. The molecule has 0 aliphatic rings. The quantitative estimate of drug-likeness (QED) is 0.836. The first-order valence-electron chi connectivity index (χ1n) is 6.06. The smallest absolute Gasteiger partial charge is 0.261 e. The van der Waals surface area contributed by atoms with Crippen LogP contribution in [0.25, 0.3) is 0 Å². The van der Waals surface area contributed by atoms with Crippen LogP contribution in [-0.4, -0.2) is 33.6 Å². The molecule has 0 aliphatic carbocycles. The van der Waals surface area contributed by atoms with Crippen molar-refractivity contribution >= 4 is 25.6 Å². The first-order valence-corrected chi connectivity index (χ1v) is 8.37. The van der Waals surface area contributed by atoms with E-state index < -0.39 is 31.3 Å². The number of hydrogen-bond acceptors (Lipinski definition) is 4. The molecule has 0 radical (unpaired) electrons. The molecule has 1 amide bonds. The number of rotatable bonds is 5. The molecule has 0 bridgehead atoms. The summed E-state index contributed by atoms with van der Waals surface area (Å²) in [6.07, 6.45) is 0. The van der Waals surface area contributed by atoms with E-state index in [4.69, 9.17) is 15.4 Å². The zero-order chi connectivity index (χ0) is 16.4. The Labute approximate surface area is 127 Å². The summed E-state index contributed by atoms with van der Waals surface area (Å²) in [5.41, 5.74) is -0.844. The number of methoxy groups -OCH3 is 1. The van der Waals surface area contributed by atoms with Gasteiger partial charge >= 0.3 is 0 Å². The summed E-state index contributed by atoms with van der Waals surface area (Å²) in [7, 11) is 2.60. The Bertz CT molecular complexity index is 658. The molecular formula is C13H17ClFNO4S. The van der Waals surface area contributed by atoms with E-state index in [1.54, 1.807) is 13.8 Å². The summed E-state index contributed by atoms with van der Waals surface area (Å²) in [4.78, 5) is 11.6. The fourth-order valence-corrected chi connectivity index (χ4v) is 2.72. The predicted molar refractivity (Wildman–Crippen MR) is 77.6 cm³/mol. The molecule has 1 aromatic rings. The summed E-state index contributed by atoms with van der Waals surface area (Å²) >= 11 is 0. The molecule has 0 aliphatic heterocycles. The Kier molecular flexibility index (Phi) is 5.35. The molecule has 0 saturated heterocycles. The van der Waals surface area contributed by atoms with Crippen molar-refractivity contribution in [1.29, 1.82) is 0 Å². The van der Waals surface area contributed by atoms with Crippen molar-refractivity contribution in [2.45, 2.75) is 31.3 Å². The molecular weight excluding hydrogens is 321 g/mol. The maximum absolute atomic E-state index is 13.7. The second-order valence-corrected chi connectivity index (χ2v) is 7.70. The molecule has 118 valence electrons. The zero-order valence-electron chi connectivity index (χ0n) is 12.2. The number of ether oxygens (including phenoxy) is 1. The molecule has 0 unspecified atom stereocenters. The summed E-state index contributed by atoms with van der Waals surface area (Å²) < 4.78 is 41.7. The van der Waals surface area contributed by atoms with E-state index >= 15 is 0 Å². The summed E-state index contributed by atoms with van der Waals surface area (Å²) in [5.74, 6) is -1.42. The van der Waals surface area contributed by atoms with E-state index in [0.29, 0.717) is 0 Å². The number of benzene rings is 1. The third-order valence-corrected chi connectivity index (χ3v) is 4.50. The van der Waals surface area contributed by atoms with E-state index in [1.165, 1.54) is 14.0 Å². The second-order valence-electron chi connectivity index (χ2n) is 5.17. The first kappa shape index (κ1) is 17.9. The monoisotopic (exact) mass is 337 g/mol. The number of carbonyl (C=O) groups is 1. The number of nitrogens with one attached hydrogen (secondary N) is 1. The molecule has 0 saturated carbocycles. The fourth-order valence-electron chi connectivity index (χ4n) is 1.51. The van der Waals surface area contributed by atoms with E-state index in [2.05, 4.69) is 5.32 Å². The molecule has 5 nitrogen and oxygen atoms in total. The highest BCUT2D eigenvalue weighted by Gasteiger charge is 2.22. The number of halogens is 2. The lowest BCUT2D eigenvalue weighted by Gasteiger charge is -2.23. The van der Waals surface area contributed by atoms with Gasteiger partial charge in [-0.3, -0.25) is 4.79 Å². The van der Waals surface area contributed by atoms with Gasteiger partial charge in [0.05, 0.1) is 10.5 Å². The molecule has 0 atom stereocenters. The first-order chi connectivity index (χ1) is 9.48. The standard InChI is InChI=1S/C13H17ClFNO4S/c1-8-10(15)5-9(6-11(8)21(14,18)19)12(17)16-7-13(2,3)20-4/h5-6H,7H2,1-4H3,(H,16,17). The van der Waals surface area contributed by atoms with Crippen molar-refractivity contribution in [3.8, 4) is 0 Å². The molecule has 1 aromatic carbocycles.